The molecule has 10 heteroatoms. The zero-order valence-corrected chi connectivity index (χ0v) is 12.9. The number of morpholine rings is 1. The molecule has 1 fully saturated rings. The standard InChI is InChI=1S/C14H16F3N5O2/c1-9-6-18-13(19-9)10-7-21(4-5-24-10)12(23)8-22-3-2-11(20-22)14(15,16)17/h2-3,6,10H,4-5,7-8H2,1H3,(H,18,19)/t10-/m0/s1. The molecule has 0 saturated carbocycles. The predicted molar refractivity (Wildman–Crippen MR) is 75.8 cm³/mol. The summed E-state index contributed by atoms with van der Waals surface area (Å²) in [5.74, 6) is 0.312. The number of aromatic nitrogens is 4. The van der Waals surface area contributed by atoms with E-state index >= 15 is 0 Å². The van der Waals surface area contributed by atoms with Crippen molar-refractivity contribution < 1.29 is 22.7 Å². The van der Waals surface area contributed by atoms with E-state index in [9.17, 15) is 18.0 Å². The number of hydrogen-bond donors (Lipinski definition) is 1. The first-order chi connectivity index (χ1) is 11.3. The molecule has 130 valence electrons. The Balaban J connectivity index is 1.63. The lowest BCUT2D eigenvalue weighted by molar-refractivity contribution is -0.143. The maximum absolute atomic E-state index is 12.5. The molecule has 3 rings (SSSR count). The van der Waals surface area contributed by atoms with Crippen molar-refractivity contribution in [2.75, 3.05) is 19.7 Å². The van der Waals surface area contributed by atoms with Gasteiger partial charge >= 0.3 is 6.18 Å². The second-order valence-electron chi connectivity index (χ2n) is 5.55. The smallest absolute Gasteiger partial charge is 0.367 e. The maximum atomic E-state index is 12.5. The van der Waals surface area contributed by atoms with Crippen molar-refractivity contribution in [2.24, 2.45) is 0 Å². The molecule has 24 heavy (non-hydrogen) atoms. The SMILES string of the molecule is Cc1cnc([C@@H]2CN(C(=O)Cn3ccc(C(F)(F)F)n3)CCO2)[nH]1. The van der Waals surface area contributed by atoms with Gasteiger partial charge in [-0.1, -0.05) is 0 Å². The van der Waals surface area contributed by atoms with Gasteiger partial charge in [0.1, 0.15) is 18.5 Å². The summed E-state index contributed by atoms with van der Waals surface area (Å²) in [4.78, 5) is 21.1. The molecule has 0 unspecified atom stereocenters. The van der Waals surface area contributed by atoms with Crippen molar-refractivity contribution in [2.45, 2.75) is 25.7 Å². The molecule has 2 aromatic heterocycles. The molecule has 1 aliphatic heterocycles. The highest BCUT2D eigenvalue weighted by molar-refractivity contribution is 5.76. The second-order valence-corrected chi connectivity index (χ2v) is 5.55. The molecule has 7 nitrogen and oxygen atoms in total. The van der Waals surface area contributed by atoms with Crippen LogP contribution < -0.4 is 0 Å². The summed E-state index contributed by atoms with van der Waals surface area (Å²) in [5, 5.41) is 3.39. The molecule has 0 bridgehead atoms. The quantitative estimate of drug-likeness (QED) is 0.917. The first-order valence-electron chi connectivity index (χ1n) is 7.34. The average Bonchev–Trinajstić information content (AvgIpc) is 3.16. The van der Waals surface area contributed by atoms with Gasteiger partial charge in [0.2, 0.25) is 5.91 Å². The molecular weight excluding hydrogens is 327 g/mol. The van der Waals surface area contributed by atoms with Crippen LogP contribution in [0.5, 0.6) is 0 Å². The molecule has 1 N–H and O–H groups in total. The van der Waals surface area contributed by atoms with Crippen molar-refractivity contribution in [3.63, 3.8) is 0 Å². The molecule has 1 aliphatic rings. The van der Waals surface area contributed by atoms with Crippen LogP contribution in [0.4, 0.5) is 13.2 Å². The van der Waals surface area contributed by atoms with Gasteiger partial charge in [0.15, 0.2) is 5.69 Å². The maximum Gasteiger partial charge on any atom is 0.435 e. The van der Waals surface area contributed by atoms with Gasteiger partial charge in [-0.2, -0.15) is 18.3 Å². The van der Waals surface area contributed by atoms with Crippen LogP contribution in [0.1, 0.15) is 23.3 Å². The molecule has 0 aliphatic carbocycles. The number of alkyl halides is 3. The lowest BCUT2D eigenvalue weighted by atomic mass is 10.2. The van der Waals surface area contributed by atoms with Gasteiger partial charge in [0.05, 0.1) is 13.2 Å². The van der Waals surface area contributed by atoms with Gasteiger partial charge in [0, 0.05) is 24.6 Å². The molecule has 0 radical (unpaired) electrons. The molecule has 1 atom stereocenters. The molecular formula is C14H16F3N5O2. The van der Waals surface area contributed by atoms with Gasteiger partial charge < -0.3 is 14.6 Å². The first kappa shape index (κ1) is 16.5. The number of carbonyl (C=O) groups excluding carboxylic acids is 1. The van der Waals surface area contributed by atoms with Gasteiger partial charge in [-0.05, 0) is 13.0 Å². The Morgan fingerprint density at radius 3 is 2.92 bits per heavy atom. The molecule has 0 spiro atoms. The summed E-state index contributed by atoms with van der Waals surface area (Å²) in [5.41, 5.74) is -0.130. The van der Waals surface area contributed by atoms with Crippen LogP contribution in [0.3, 0.4) is 0 Å². The monoisotopic (exact) mass is 343 g/mol. The topological polar surface area (TPSA) is 76.0 Å². The van der Waals surface area contributed by atoms with E-state index < -0.39 is 11.9 Å². The Bertz CT molecular complexity index is 724. The van der Waals surface area contributed by atoms with E-state index in [1.165, 1.54) is 0 Å². The molecule has 1 saturated heterocycles. The number of aryl methyl sites for hydroxylation is 1. The van der Waals surface area contributed by atoms with Crippen LogP contribution in [0.15, 0.2) is 18.5 Å². The van der Waals surface area contributed by atoms with Crippen molar-refractivity contribution >= 4 is 5.91 Å². The van der Waals surface area contributed by atoms with E-state index in [1.807, 2.05) is 6.92 Å². The Morgan fingerprint density at radius 2 is 2.29 bits per heavy atom. The molecule has 1 amide bonds. The number of H-pyrrole nitrogens is 1. The van der Waals surface area contributed by atoms with Crippen molar-refractivity contribution in [3.8, 4) is 0 Å². The Kier molecular flexibility index (Phi) is 4.31. The summed E-state index contributed by atoms with van der Waals surface area (Å²) < 4.78 is 44.2. The fourth-order valence-corrected chi connectivity index (χ4v) is 2.48. The van der Waals surface area contributed by atoms with Crippen molar-refractivity contribution in [1.29, 1.82) is 0 Å². The summed E-state index contributed by atoms with van der Waals surface area (Å²) in [7, 11) is 0. The highest BCUT2D eigenvalue weighted by Crippen LogP contribution is 2.27. The van der Waals surface area contributed by atoms with Crippen molar-refractivity contribution in [1.82, 2.24) is 24.6 Å². The highest BCUT2D eigenvalue weighted by atomic mass is 19.4. The number of nitrogens with one attached hydrogen (secondary N) is 1. The predicted octanol–water partition coefficient (Wildman–Crippen LogP) is 1.53. The lowest BCUT2D eigenvalue weighted by Crippen LogP contribution is -2.44. The number of halogens is 3. The van der Waals surface area contributed by atoms with Crippen LogP contribution in [0.25, 0.3) is 0 Å². The third kappa shape index (κ3) is 3.58. The summed E-state index contributed by atoms with van der Waals surface area (Å²) >= 11 is 0. The van der Waals surface area contributed by atoms with Crippen LogP contribution in [0, 0.1) is 6.92 Å². The Hall–Kier alpha value is -2.36. The Labute approximate surface area is 135 Å². The van der Waals surface area contributed by atoms with Crippen LogP contribution in [-0.2, 0) is 22.3 Å². The summed E-state index contributed by atoms with van der Waals surface area (Å²) in [6.45, 7) is 2.61. The van der Waals surface area contributed by atoms with E-state index in [0.29, 0.717) is 25.5 Å². The van der Waals surface area contributed by atoms with Crippen LogP contribution in [-0.4, -0.2) is 50.3 Å². The van der Waals surface area contributed by atoms with E-state index in [2.05, 4.69) is 15.1 Å². The number of aromatic amines is 1. The fourth-order valence-electron chi connectivity index (χ4n) is 2.48. The minimum absolute atomic E-state index is 0.250. The molecule has 0 aromatic carbocycles. The lowest BCUT2D eigenvalue weighted by Gasteiger charge is -2.32. The zero-order chi connectivity index (χ0) is 17.3. The third-order valence-corrected chi connectivity index (χ3v) is 3.68. The Morgan fingerprint density at radius 1 is 1.50 bits per heavy atom. The number of amides is 1. The van der Waals surface area contributed by atoms with E-state index in [0.717, 1.165) is 22.6 Å². The number of nitrogens with zero attached hydrogens (tertiary/aromatic N) is 4. The fraction of sp³-hybridized carbons (Fsp3) is 0.500. The minimum Gasteiger partial charge on any atom is -0.367 e. The van der Waals surface area contributed by atoms with Gasteiger partial charge in [-0.3, -0.25) is 9.48 Å². The van der Waals surface area contributed by atoms with Gasteiger partial charge in [0.25, 0.3) is 0 Å². The second kappa shape index (κ2) is 6.27. The minimum atomic E-state index is -4.52. The highest BCUT2D eigenvalue weighted by Gasteiger charge is 2.34. The third-order valence-electron chi connectivity index (χ3n) is 3.68. The number of carbonyl (C=O) groups is 1. The van der Waals surface area contributed by atoms with Crippen LogP contribution >= 0.6 is 0 Å². The number of rotatable bonds is 3. The largest absolute Gasteiger partial charge is 0.435 e. The van der Waals surface area contributed by atoms with Gasteiger partial charge in [-0.25, -0.2) is 4.98 Å². The normalized spacial score (nSPS) is 18.8. The van der Waals surface area contributed by atoms with E-state index in [1.54, 1.807) is 11.1 Å². The summed E-state index contributed by atoms with van der Waals surface area (Å²) in [6.07, 6.45) is -2.08. The number of ether oxygens (including phenoxy) is 1. The van der Waals surface area contributed by atoms with Crippen LogP contribution in [0.2, 0.25) is 0 Å². The molecule has 2 aromatic rings. The van der Waals surface area contributed by atoms with Crippen molar-refractivity contribution in [3.05, 3.63) is 35.7 Å². The summed E-state index contributed by atoms with van der Waals surface area (Å²) in [6, 6.07) is 0.848. The van der Waals surface area contributed by atoms with E-state index in [4.69, 9.17) is 4.74 Å². The number of imidazole rings is 1. The number of hydrogen-bond acceptors (Lipinski definition) is 4. The average molecular weight is 343 g/mol. The van der Waals surface area contributed by atoms with Gasteiger partial charge in [-0.15, -0.1) is 0 Å². The van der Waals surface area contributed by atoms with E-state index in [-0.39, 0.29) is 18.6 Å². The zero-order valence-electron chi connectivity index (χ0n) is 12.9. The molecule has 3 heterocycles. The first-order valence-corrected chi connectivity index (χ1v) is 7.34.